The number of carbonyl (C=O) groups is 3. The van der Waals surface area contributed by atoms with Crippen molar-refractivity contribution in [2.24, 2.45) is 0 Å². The van der Waals surface area contributed by atoms with Gasteiger partial charge in [0.1, 0.15) is 0 Å². The number of hydrogen-bond acceptors (Lipinski definition) is 4. The van der Waals surface area contributed by atoms with Crippen molar-refractivity contribution in [3.8, 4) is 0 Å². The second-order valence-corrected chi connectivity index (χ2v) is 8.49. The molecule has 0 saturated carbocycles. The molecule has 164 valence electrons. The molecule has 0 saturated heterocycles. The zero-order chi connectivity index (χ0) is 22.7. The maximum Gasteiger partial charge on any atom is 0.241 e. The number of rotatable bonds is 5. The Morgan fingerprint density at radius 3 is 2.55 bits per heavy atom. The monoisotopic (exact) mass is 462 g/mol. The van der Waals surface area contributed by atoms with E-state index in [9.17, 15) is 14.4 Å². The molecule has 3 rings (SSSR count). The van der Waals surface area contributed by atoms with Crippen LogP contribution in [0.5, 0.6) is 0 Å². The van der Waals surface area contributed by atoms with Crippen molar-refractivity contribution in [2.45, 2.75) is 32.4 Å². The minimum absolute atomic E-state index is 0.00223. The molecule has 0 aliphatic carbocycles. The first-order chi connectivity index (χ1) is 14.7. The average molecular weight is 463 g/mol. The first kappa shape index (κ1) is 23.1. The third-order valence-electron chi connectivity index (χ3n) is 5.18. The fraction of sp³-hybridized carbons (Fsp3) is 0.318. The summed E-state index contributed by atoms with van der Waals surface area (Å²) in [6, 6.07) is 11.0. The molecule has 0 spiro atoms. The maximum absolute atomic E-state index is 13.2. The SMILES string of the molecule is C[C@H](C(=O)Nc1cc(Cl)cc(Cl)c1)N(C)CC(=O)N1c2ccccc2NC(=O)C[C@@H]1C. The number of nitrogens with one attached hydrogen (secondary N) is 2. The number of amides is 3. The van der Waals surface area contributed by atoms with Crippen molar-refractivity contribution in [3.63, 3.8) is 0 Å². The van der Waals surface area contributed by atoms with Crippen LogP contribution in [0.1, 0.15) is 20.3 Å². The molecular weight excluding hydrogens is 439 g/mol. The smallest absolute Gasteiger partial charge is 0.241 e. The molecule has 2 aromatic carbocycles. The highest BCUT2D eigenvalue weighted by molar-refractivity contribution is 6.35. The van der Waals surface area contributed by atoms with E-state index in [0.29, 0.717) is 27.1 Å². The molecule has 9 heteroatoms. The summed E-state index contributed by atoms with van der Waals surface area (Å²) in [7, 11) is 1.70. The van der Waals surface area contributed by atoms with E-state index in [1.54, 1.807) is 60.2 Å². The quantitative estimate of drug-likeness (QED) is 0.702. The number of benzene rings is 2. The molecule has 0 bridgehead atoms. The van der Waals surface area contributed by atoms with Crippen molar-refractivity contribution >= 4 is 58.0 Å². The lowest BCUT2D eigenvalue weighted by Gasteiger charge is -2.31. The third-order valence-corrected chi connectivity index (χ3v) is 5.62. The summed E-state index contributed by atoms with van der Waals surface area (Å²) in [5.74, 6) is -0.643. The van der Waals surface area contributed by atoms with E-state index in [4.69, 9.17) is 23.2 Å². The van der Waals surface area contributed by atoms with Crippen LogP contribution in [-0.2, 0) is 14.4 Å². The van der Waals surface area contributed by atoms with Crippen LogP contribution in [0.2, 0.25) is 10.0 Å². The first-order valence-corrected chi connectivity index (χ1v) is 10.6. The third kappa shape index (κ3) is 5.55. The summed E-state index contributed by atoms with van der Waals surface area (Å²) in [6.45, 7) is 3.54. The number of anilines is 3. The van der Waals surface area contributed by atoms with Gasteiger partial charge in [-0.1, -0.05) is 35.3 Å². The minimum Gasteiger partial charge on any atom is -0.325 e. The van der Waals surface area contributed by atoms with Crippen molar-refractivity contribution in [1.29, 1.82) is 0 Å². The largest absolute Gasteiger partial charge is 0.325 e. The van der Waals surface area contributed by atoms with Crippen LogP contribution in [0.15, 0.2) is 42.5 Å². The van der Waals surface area contributed by atoms with Gasteiger partial charge in [-0.2, -0.15) is 0 Å². The zero-order valence-electron chi connectivity index (χ0n) is 17.5. The molecule has 0 radical (unpaired) electrons. The second kappa shape index (κ2) is 9.68. The van der Waals surface area contributed by atoms with Crippen LogP contribution in [0.3, 0.4) is 0 Å². The van der Waals surface area contributed by atoms with Gasteiger partial charge >= 0.3 is 0 Å². The zero-order valence-corrected chi connectivity index (χ0v) is 19.0. The Labute approximate surface area is 191 Å². The highest BCUT2D eigenvalue weighted by Crippen LogP contribution is 2.31. The first-order valence-electron chi connectivity index (χ1n) is 9.84. The van der Waals surface area contributed by atoms with E-state index in [-0.39, 0.29) is 36.7 Å². The Kier molecular flexibility index (Phi) is 7.20. The summed E-state index contributed by atoms with van der Waals surface area (Å²) in [5, 5.41) is 6.43. The second-order valence-electron chi connectivity index (χ2n) is 7.62. The topological polar surface area (TPSA) is 81.8 Å². The fourth-order valence-electron chi connectivity index (χ4n) is 3.47. The normalized spacial score (nSPS) is 16.9. The summed E-state index contributed by atoms with van der Waals surface area (Å²) in [4.78, 5) is 41.3. The Hall–Kier alpha value is -2.61. The van der Waals surface area contributed by atoms with E-state index >= 15 is 0 Å². The van der Waals surface area contributed by atoms with Gasteiger partial charge in [-0.3, -0.25) is 19.3 Å². The maximum atomic E-state index is 13.2. The van der Waals surface area contributed by atoms with Gasteiger partial charge < -0.3 is 15.5 Å². The number of nitrogens with zero attached hydrogens (tertiary/aromatic N) is 2. The van der Waals surface area contributed by atoms with Crippen molar-refractivity contribution < 1.29 is 14.4 Å². The summed E-state index contributed by atoms with van der Waals surface area (Å²) in [6.07, 6.45) is 0.190. The van der Waals surface area contributed by atoms with Crippen LogP contribution >= 0.6 is 23.2 Å². The number of fused-ring (bicyclic) bond motifs is 1. The van der Waals surface area contributed by atoms with Gasteiger partial charge in [0.05, 0.1) is 24.0 Å². The molecular formula is C22H24Cl2N4O3. The van der Waals surface area contributed by atoms with Crippen LogP contribution in [0.4, 0.5) is 17.1 Å². The lowest BCUT2D eigenvalue weighted by molar-refractivity contribution is -0.123. The molecule has 0 aromatic heterocycles. The molecule has 2 atom stereocenters. The van der Waals surface area contributed by atoms with Crippen molar-refractivity contribution in [1.82, 2.24) is 4.90 Å². The fourth-order valence-corrected chi connectivity index (χ4v) is 3.99. The average Bonchev–Trinajstić information content (AvgIpc) is 2.80. The van der Waals surface area contributed by atoms with Crippen molar-refractivity contribution in [3.05, 3.63) is 52.5 Å². The highest BCUT2D eigenvalue weighted by atomic mass is 35.5. The molecule has 0 fully saturated rings. The molecule has 2 N–H and O–H groups in total. The number of para-hydroxylation sites is 2. The van der Waals surface area contributed by atoms with Crippen molar-refractivity contribution in [2.75, 3.05) is 29.1 Å². The Morgan fingerprint density at radius 2 is 1.87 bits per heavy atom. The van der Waals surface area contributed by atoms with Gasteiger partial charge in [0.15, 0.2) is 0 Å². The van der Waals surface area contributed by atoms with Crippen LogP contribution in [-0.4, -0.2) is 48.3 Å². The number of likely N-dealkylation sites (N-methyl/N-ethyl adjacent to an activating group) is 1. The van der Waals surface area contributed by atoms with Gasteiger partial charge in [0.25, 0.3) is 0 Å². The molecule has 1 aliphatic rings. The molecule has 3 amide bonds. The van der Waals surface area contributed by atoms with Crippen LogP contribution in [0, 0.1) is 0 Å². The van der Waals surface area contributed by atoms with Gasteiger partial charge in [0.2, 0.25) is 17.7 Å². The molecule has 1 aliphatic heterocycles. The standard InChI is InChI=1S/C22H24Cl2N4O3/c1-13-8-20(29)26-18-6-4-5-7-19(18)28(13)21(30)12-27(3)14(2)22(31)25-17-10-15(23)9-16(24)11-17/h4-7,9-11,13-14H,8,12H2,1-3H3,(H,25,31)(H,26,29)/t13-,14+/m0/s1. The summed E-state index contributed by atoms with van der Waals surface area (Å²) < 4.78 is 0. The van der Waals surface area contributed by atoms with Gasteiger partial charge in [0, 0.05) is 28.2 Å². The van der Waals surface area contributed by atoms with Gasteiger partial charge in [-0.15, -0.1) is 0 Å². The predicted molar refractivity (Wildman–Crippen MR) is 124 cm³/mol. The Bertz CT molecular complexity index is 994. The number of carbonyl (C=O) groups excluding carboxylic acids is 3. The van der Waals surface area contributed by atoms with Crippen LogP contribution < -0.4 is 15.5 Å². The summed E-state index contributed by atoms with van der Waals surface area (Å²) in [5.41, 5.74) is 1.72. The Balaban J connectivity index is 1.71. The van der Waals surface area contributed by atoms with E-state index < -0.39 is 6.04 Å². The molecule has 2 aromatic rings. The number of halogens is 2. The molecule has 1 heterocycles. The van der Waals surface area contributed by atoms with E-state index in [1.165, 1.54) is 0 Å². The van der Waals surface area contributed by atoms with Gasteiger partial charge in [-0.05, 0) is 51.2 Å². The summed E-state index contributed by atoms with van der Waals surface area (Å²) >= 11 is 12.0. The van der Waals surface area contributed by atoms with E-state index in [0.717, 1.165) is 0 Å². The van der Waals surface area contributed by atoms with E-state index in [1.807, 2.05) is 13.0 Å². The van der Waals surface area contributed by atoms with Gasteiger partial charge in [-0.25, -0.2) is 0 Å². The molecule has 0 unspecified atom stereocenters. The minimum atomic E-state index is -0.598. The Morgan fingerprint density at radius 1 is 1.23 bits per heavy atom. The van der Waals surface area contributed by atoms with E-state index in [2.05, 4.69) is 10.6 Å². The highest BCUT2D eigenvalue weighted by Gasteiger charge is 2.31. The van der Waals surface area contributed by atoms with Crippen LogP contribution in [0.25, 0.3) is 0 Å². The number of hydrogen-bond donors (Lipinski definition) is 2. The lowest BCUT2D eigenvalue weighted by atomic mass is 10.1. The predicted octanol–water partition coefficient (Wildman–Crippen LogP) is 4.02. The lowest BCUT2D eigenvalue weighted by Crippen LogP contribution is -2.48. The molecule has 31 heavy (non-hydrogen) atoms. The molecule has 7 nitrogen and oxygen atoms in total.